The molecule has 0 unspecified atom stereocenters. The Morgan fingerprint density at radius 3 is 2.31 bits per heavy atom. The van der Waals surface area contributed by atoms with E-state index < -0.39 is 0 Å². The van der Waals surface area contributed by atoms with Gasteiger partial charge in [0, 0.05) is 31.2 Å². The van der Waals surface area contributed by atoms with Crippen LogP contribution in [-0.2, 0) is 9.53 Å². The van der Waals surface area contributed by atoms with Crippen molar-refractivity contribution in [2.45, 2.75) is 50.6 Å². The average Bonchev–Trinajstić information content (AvgIpc) is 2.33. The fourth-order valence-electron chi connectivity index (χ4n) is 2.54. The Labute approximate surface area is 96.9 Å². The van der Waals surface area contributed by atoms with Gasteiger partial charge in [-0.25, -0.2) is 0 Å². The first-order valence-corrected chi connectivity index (χ1v) is 6.39. The Bertz CT molecular complexity index is 231. The molecule has 2 rings (SSSR count). The minimum absolute atomic E-state index is 0.171. The van der Waals surface area contributed by atoms with Crippen LogP contribution in [0.2, 0.25) is 0 Å². The summed E-state index contributed by atoms with van der Waals surface area (Å²) in [7, 11) is 0. The summed E-state index contributed by atoms with van der Waals surface area (Å²) in [5.74, 6) is 0.396. The zero-order chi connectivity index (χ0) is 11.4. The van der Waals surface area contributed by atoms with E-state index in [0.717, 1.165) is 51.7 Å². The SMILES string of the molecule is NC1CCC(NC(=O)C2CCOCC2)CC1. The van der Waals surface area contributed by atoms with Gasteiger partial charge in [-0.05, 0) is 38.5 Å². The number of nitrogens with two attached hydrogens (primary N) is 1. The summed E-state index contributed by atoms with van der Waals surface area (Å²) in [6.45, 7) is 1.46. The van der Waals surface area contributed by atoms with Gasteiger partial charge in [-0.3, -0.25) is 4.79 Å². The number of carbonyl (C=O) groups excluding carboxylic acids is 1. The van der Waals surface area contributed by atoms with Crippen molar-refractivity contribution in [1.29, 1.82) is 0 Å². The van der Waals surface area contributed by atoms with Gasteiger partial charge >= 0.3 is 0 Å². The molecule has 4 nitrogen and oxygen atoms in total. The van der Waals surface area contributed by atoms with Gasteiger partial charge < -0.3 is 15.8 Å². The lowest BCUT2D eigenvalue weighted by Crippen LogP contribution is -2.44. The van der Waals surface area contributed by atoms with Gasteiger partial charge in [0.25, 0.3) is 0 Å². The fourth-order valence-corrected chi connectivity index (χ4v) is 2.54. The van der Waals surface area contributed by atoms with E-state index in [-0.39, 0.29) is 11.8 Å². The predicted molar refractivity (Wildman–Crippen MR) is 61.9 cm³/mol. The van der Waals surface area contributed by atoms with E-state index >= 15 is 0 Å². The number of hydrogen-bond donors (Lipinski definition) is 2. The fraction of sp³-hybridized carbons (Fsp3) is 0.917. The van der Waals surface area contributed by atoms with Crippen molar-refractivity contribution in [1.82, 2.24) is 5.32 Å². The number of hydrogen-bond acceptors (Lipinski definition) is 3. The molecule has 1 heterocycles. The standard InChI is InChI=1S/C12H22N2O2/c13-10-1-3-11(4-2-10)14-12(15)9-5-7-16-8-6-9/h9-11H,1-8,13H2,(H,14,15). The van der Waals surface area contributed by atoms with Crippen molar-refractivity contribution in [2.75, 3.05) is 13.2 Å². The van der Waals surface area contributed by atoms with Gasteiger partial charge in [0.15, 0.2) is 0 Å². The molecule has 16 heavy (non-hydrogen) atoms. The molecule has 4 heteroatoms. The molecule has 0 bridgehead atoms. The number of carbonyl (C=O) groups is 1. The molecule has 0 radical (unpaired) electrons. The van der Waals surface area contributed by atoms with Crippen LogP contribution in [0.4, 0.5) is 0 Å². The van der Waals surface area contributed by atoms with Crippen LogP contribution in [-0.4, -0.2) is 31.2 Å². The average molecular weight is 226 g/mol. The molecule has 1 aliphatic carbocycles. The summed E-state index contributed by atoms with van der Waals surface area (Å²) in [6.07, 6.45) is 5.90. The highest BCUT2D eigenvalue weighted by molar-refractivity contribution is 5.79. The molecule has 1 aliphatic heterocycles. The summed E-state index contributed by atoms with van der Waals surface area (Å²) in [5.41, 5.74) is 5.84. The molecule has 1 saturated heterocycles. The third kappa shape index (κ3) is 3.19. The van der Waals surface area contributed by atoms with Crippen LogP contribution in [0.25, 0.3) is 0 Å². The Hall–Kier alpha value is -0.610. The van der Waals surface area contributed by atoms with Crippen molar-refractivity contribution >= 4 is 5.91 Å². The number of rotatable bonds is 2. The van der Waals surface area contributed by atoms with E-state index in [0.29, 0.717) is 12.1 Å². The highest BCUT2D eigenvalue weighted by atomic mass is 16.5. The molecular formula is C12H22N2O2. The maximum absolute atomic E-state index is 11.9. The summed E-state index contributed by atoms with van der Waals surface area (Å²) in [5, 5.41) is 3.16. The van der Waals surface area contributed by atoms with E-state index in [9.17, 15) is 4.79 Å². The maximum atomic E-state index is 11.9. The Morgan fingerprint density at radius 2 is 1.69 bits per heavy atom. The maximum Gasteiger partial charge on any atom is 0.223 e. The lowest BCUT2D eigenvalue weighted by Gasteiger charge is -2.29. The van der Waals surface area contributed by atoms with E-state index in [1.165, 1.54) is 0 Å². The van der Waals surface area contributed by atoms with Crippen LogP contribution in [0.15, 0.2) is 0 Å². The third-order valence-corrected chi connectivity index (χ3v) is 3.71. The quantitative estimate of drug-likeness (QED) is 0.732. The minimum Gasteiger partial charge on any atom is -0.381 e. The normalized spacial score (nSPS) is 32.3. The second-order valence-electron chi connectivity index (χ2n) is 5.01. The first-order valence-electron chi connectivity index (χ1n) is 6.39. The second kappa shape index (κ2) is 5.64. The summed E-state index contributed by atoms with van der Waals surface area (Å²) in [4.78, 5) is 11.9. The van der Waals surface area contributed by atoms with Crippen LogP contribution in [0.5, 0.6) is 0 Å². The van der Waals surface area contributed by atoms with Crippen molar-refractivity contribution < 1.29 is 9.53 Å². The minimum atomic E-state index is 0.171. The molecule has 0 atom stereocenters. The van der Waals surface area contributed by atoms with E-state index in [2.05, 4.69) is 5.32 Å². The van der Waals surface area contributed by atoms with Crippen molar-refractivity contribution in [2.24, 2.45) is 11.7 Å². The summed E-state index contributed by atoms with van der Waals surface area (Å²) in [6, 6.07) is 0.700. The number of ether oxygens (including phenoxy) is 1. The Balaban J connectivity index is 1.73. The molecule has 3 N–H and O–H groups in total. The van der Waals surface area contributed by atoms with Crippen LogP contribution < -0.4 is 11.1 Å². The van der Waals surface area contributed by atoms with Crippen molar-refractivity contribution in [3.63, 3.8) is 0 Å². The number of amides is 1. The first-order chi connectivity index (χ1) is 7.75. The zero-order valence-corrected chi connectivity index (χ0v) is 9.78. The van der Waals surface area contributed by atoms with Crippen molar-refractivity contribution in [3.05, 3.63) is 0 Å². The lowest BCUT2D eigenvalue weighted by molar-refractivity contribution is -0.128. The number of nitrogens with one attached hydrogen (secondary N) is 1. The van der Waals surface area contributed by atoms with Gasteiger partial charge in [0.2, 0.25) is 5.91 Å². The topological polar surface area (TPSA) is 64.3 Å². The van der Waals surface area contributed by atoms with Gasteiger partial charge in [0.05, 0.1) is 0 Å². The highest BCUT2D eigenvalue weighted by Gasteiger charge is 2.25. The van der Waals surface area contributed by atoms with Gasteiger partial charge in [-0.2, -0.15) is 0 Å². The summed E-state index contributed by atoms with van der Waals surface area (Å²) < 4.78 is 5.26. The molecular weight excluding hydrogens is 204 g/mol. The third-order valence-electron chi connectivity index (χ3n) is 3.71. The van der Waals surface area contributed by atoms with Crippen LogP contribution in [0.1, 0.15) is 38.5 Å². The molecule has 0 aromatic heterocycles. The Kier molecular flexibility index (Phi) is 4.18. The lowest BCUT2D eigenvalue weighted by atomic mass is 9.91. The molecule has 2 aliphatic rings. The molecule has 2 fully saturated rings. The molecule has 0 spiro atoms. The molecule has 1 saturated carbocycles. The smallest absolute Gasteiger partial charge is 0.223 e. The monoisotopic (exact) mass is 226 g/mol. The van der Waals surface area contributed by atoms with Crippen LogP contribution in [0.3, 0.4) is 0 Å². The predicted octanol–water partition coefficient (Wildman–Crippen LogP) is 0.799. The van der Waals surface area contributed by atoms with Crippen LogP contribution in [0, 0.1) is 5.92 Å². The molecule has 1 amide bonds. The van der Waals surface area contributed by atoms with E-state index in [1.54, 1.807) is 0 Å². The largest absolute Gasteiger partial charge is 0.381 e. The Morgan fingerprint density at radius 1 is 1.06 bits per heavy atom. The second-order valence-corrected chi connectivity index (χ2v) is 5.01. The van der Waals surface area contributed by atoms with Gasteiger partial charge in [-0.1, -0.05) is 0 Å². The van der Waals surface area contributed by atoms with E-state index in [4.69, 9.17) is 10.5 Å². The molecule has 0 aromatic carbocycles. The first kappa shape index (κ1) is 11.9. The van der Waals surface area contributed by atoms with E-state index in [1.807, 2.05) is 0 Å². The van der Waals surface area contributed by atoms with Crippen molar-refractivity contribution in [3.8, 4) is 0 Å². The van der Waals surface area contributed by atoms with Gasteiger partial charge in [-0.15, -0.1) is 0 Å². The van der Waals surface area contributed by atoms with Gasteiger partial charge in [0.1, 0.15) is 0 Å². The molecule has 0 aromatic rings. The molecule has 92 valence electrons. The highest BCUT2D eigenvalue weighted by Crippen LogP contribution is 2.19. The zero-order valence-electron chi connectivity index (χ0n) is 9.78. The summed E-state index contributed by atoms with van der Waals surface area (Å²) >= 11 is 0. The van der Waals surface area contributed by atoms with Crippen LogP contribution >= 0.6 is 0 Å².